The molecule has 1 nitrogen and oxygen atoms in total. The standard InChI is InChI=1S/C23H25FN/c1-16(2)13-20-14-18(9-10-22(20)24)19-11-12-25(4)23(15-19)21-8-6-5-7-17(21)3/h5-12,14-16H,13H2,1-4H3/q+1. The van der Waals surface area contributed by atoms with E-state index in [0.29, 0.717) is 5.92 Å². The Kier molecular flexibility index (Phi) is 4.98. The molecule has 0 saturated carbocycles. The zero-order chi connectivity index (χ0) is 18.0. The van der Waals surface area contributed by atoms with Crippen LogP contribution in [0.5, 0.6) is 0 Å². The molecule has 0 aliphatic heterocycles. The summed E-state index contributed by atoms with van der Waals surface area (Å²) >= 11 is 0. The molecule has 2 heteroatoms. The number of hydrogen-bond donors (Lipinski definition) is 0. The van der Waals surface area contributed by atoms with Crippen LogP contribution in [0.25, 0.3) is 22.4 Å². The van der Waals surface area contributed by atoms with Crippen LogP contribution < -0.4 is 4.57 Å². The molecule has 0 atom stereocenters. The molecule has 0 aliphatic rings. The number of pyridine rings is 1. The number of hydrogen-bond acceptors (Lipinski definition) is 0. The molecule has 0 spiro atoms. The summed E-state index contributed by atoms with van der Waals surface area (Å²) in [5.41, 5.74) is 6.59. The van der Waals surface area contributed by atoms with Crippen LogP contribution in [-0.2, 0) is 13.5 Å². The molecule has 0 aliphatic carbocycles. The third-order valence-corrected chi connectivity index (χ3v) is 4.58. The third-order valence-electron chi connectivity index (χ3n) is 4.58. The molecule has 25 heavy (non-hydrogen) atoms. The lowest BCUT2D eigenvalue weighted by molar-refractivity contribution is -0.660. The summed E-state index contributed by atoms with van der Waals surface area (Å²) in [6.45, 7) is 6.36. The van der Waals surface area contributed by atoms with Crippen LogP contribution in [0.4, 0.5) is 4.39 Å². The lowest BCUT2D eigenvalue weighted by atomic mass is 9.96. The van der Waals surface area contributed by atoms with Crippen LogP contribution in [0.3, 0.4) is 0 Å². The number of rotatable bonds is 4. The normalized spacial score (nSPS) is 11.1. The van der Waals surface area contributed by atoms with Crippen molar-refractivity contribution >= 4 is 0 Å². The van der Waals surface area contributed by atoms with Crippen LogP contribution >= 0.6 is 0 Å². The minimum absolute atomic E-state index is 0.113. The van der Waals surface area contributed by atoms with Crippen molar-refractivity contribution in [2.75, 3.05) is 0 Å². The molecule has 0 amide bonds. The Hall–Kier alpha value is -2.48. The Morgan fingerprint density at radius 3 is 2.40 bits per heavy atom. The Morgan fingerprint density at radius 2 is 1.68 bits per heavy atom. The van der Waals surface area contributed by atoms with E-state index in [0.717, 1.165) is 28.8 Å². The summed E-state index contributed by atoms with van der Waals surface area (Å²) < 4.78 is 16.2. The summed E-state index contributed by atoms with van der Waals surface area (Å²) in [5, 5.41) is 0. The molecule has 3 rings (SSSR count). The third kappa shape index (κ3) is 3.79. The van der Waals surface area contributed by atoms with Crippen molar-refractivity contribution in [3.05, 3.63) is 77.7 Å². The summed E-state index contributed by atoms with van der Waals surface area (Å²) in [4.78, 5) is 0. The van der Waals surface area contributed by atoms with E-state index in [-0.39, 0.29) is 5.82 Å². The van der Waals surface area contributed by atoms with E-state index in [2.05, 4.69) is 75.0 Å². The highest BCUT2D eigenvalue weighted by Gasteiger charge is 2.14. The van der Waals surface area contributed by atoms with Gasteiger partial charge in [-0.1, -0.05) is 38.1 Å². The van der Waals surface area contributed by atoms with E-state index in [1.54, 1.807) is 6.07 Å². The lowest BCUT2D eigenvalue weighted by Gasteiger charge is -2.10. The van der Waals surface area contributed by atoms with Crippen molar-refractivity contribution in [1.82, 2.24) is 0 Å². The molecular formula is C23H25FN+. The van der Waals surface area contributed by atoms with Gasteiger partial charge in [0, 0.05) is 17.7 Å². The Balaban J connectivity index is 2.08. The van der Waals surface area contributed by atoms with Gasteiger partial charge in [0.25, 0.3) is 0 Å². The zero-order valence-electron chi connectivity index (χ0n) is 15.4. The van der Waals surface area contributed by atoms with Gasteiger partial charge in [-0.05, 0) is 59.7 Å². The minimum Gasteiger partial charge on any atom is -0.207 e. The van der Waals surface area contributed by atoms with Crippen molar-refractivity contribution in [3.8, 4) is 22.4 Å². The summed E-state index contributed by atoms with van der Waals surface area (Å²) in [7, 11) is 2.06. The molecule has 0 saturated heterocycles. The second kappa shape index (κ2) is 7.18. The van der Waals surface area contributed by atoms with E-state index < -0.39 is 0 Å². The van der Waals surface area contributed by atoms with Crippen LogP contribution in [0.15, 0.2) is 60.8 Å². The van der Waals surface area contributed by atoms with E-state index >= 15 is 0 Å². The van der Waals surface area contributed by atoms with Gasteiger partial charge in [0.1, 0.15) is 12.9 Å². The molecule has 1 heterocycles. The number of aromatic nitrogens is 1. The van der Waals surface area contributed by atoms with Crippen LogP contribution in [0.1, 0.15) is 25.0 Å². The quantitative estimate of drug-likeness (QED) is 0.555. The molecule has 128 valence electrons. The SMILES string of the molecule is Cc1ccccc1-c1cc(-c2ccc(F)c(CC(C)C)c2)cc[n+]1C. The topological polar surface area (TPSA) is 3.88 Å². The van der Waals surface area contributed by atoms with Crippen molar-refractivity contribution in [3.63, 3.8) is 0 Å². The maximum absolute atomic E-state index is 14.1. The molecule has 0 fully saturated rings. The summed E-state index contributed by atoms with van der Waals surface area (Å²) in [6, 6.07) is 18.1. The molecular weight excluding hydrogens is 309 g/mol. The maximum atomic E-state index is 14.1. The number of halogens is 1. The van der Waals surface area contributed by atoms with Crippen LogP contribution in [-0.4, -0.2) is 0 Å². The molecule has 1 aromatic heterocycles. The van der Waals surface area contributed by atoms with E-state index in [4.69, 9.17) is 0 Å². The van der Waals surface area contributed by atoms with Gasteiger partial charge in [-0.2, -0.15) is 0 Å². The number of nitrogens with zero attached hydrogens (tertiary/aromatic N) is 1. The average Bonchev–Trinajstić information content (AvgIpc) is 2.58. The predicted molar refractivity (Wildman–Crippen MR) is 102 cm³/mol. The zero-order valence-corrected chi connectivity index (χ0v) is 15.4. The van der Waals surface area contributed by atoms with Gasteiger partial charge in [0.05, 0.1) is 0 Å². The van der Waals surface area contributed by atoms with Crippen LogP contribution in [0.2, 0.25) is 0 Å². The highest BCUT2D eigenvalue weighted by molar-refractivity contribution is 5.70. The molecule has 0 bridgehead atoms. The second-order valence-corrected chi connectivity index (χ2v) is 7.13. The summed E-state index contributed by atoms with van der Waals surface area (Å²) in [5.74, 6) is 0.318. The predicted octanol–water partition coefficient (Wildman–Crippen LogP) is 5.49. The van der Waals surface area contributed by atoms with Crippen molar-refractivity contribution in [2.45, 2.75) is 27.2 Å². The first-order valence-electron chi connectivity index (χ1n) is 8.80. The van der Waals surface area contributed by atoms with Crippen molar-refractivity contribution < 1.29 is 8.96 Å². The fourth-order valence-electron chi connectivity index (χ4n) is 3.23. The van der Waals surface area contributed by atoms with Gasteiger partial charge < -0.3 is 0 Å². The van der Waals surface area contributed by atoms with E-state index in [1.807, 2.05) is 12.1 Å². The maximum Gasteiger partial charge on any atom is 0.213 e. The first kappa shape index (κ1) is 17.3. The Morgan fingerprint density at radius 1 is 0.960 bits per heavy atom. The van der Waals surface area contributed by atoms with Crippen molar-refractivity contribution in [1.29, 1.82) is 0 Å². The number of aryl methyl sites for hydroxylation is 2. The Bertz CT molecular complexity index is 896. The van der Waals surface area contributed by atoms with E-state index in [1.165, 1.54) is 11.1 Å². The van der Waals surface area contributed by atoms with Crippen LogP contribution in [0, 0.1) is 18.7 Å². The van der Waals surface area contributed by atoms with Gasteiger partial charge in [0.15, 0.2) is 6.20 Å². The highest BCUT2D eigenvalue weighted by Crippen LogP contribution is 2.27. The smallest absolute Gasteiger partial charge is 0.207 e. The lowest BCUT2D eigenvalue weighted by Crippen LogP contribution is -2.30. The van der Waals surface area contributed by atoms with Gasteiger partial charge >= 0.3 is 0 Å². The second-order valence-electron chi connectivity index (χ2n) is 7.13. The van der Waals surface area contributed by atoms with Crippen molar-refractivity contribution in [2.24, 2.45) is 13.0 Å². The van der Waals surface area contributed by atoms with Gasteiger partial charge in [-0.25, -0.2) is 8.96 Å². The molecule has 0 unspecified atom stereocenters. The Labute approximate surface area is 149 Å². The first-order valence-corrected chi connectivity index (χ1v) is 8.80. The molecule has 2 aromatic carbocycles. The molecule has 0 N–H and O–H groups in total. The summed E-state index contributed by atoms with van der Waals surface area (Å²) in [6.07, 6.45) is 2.83. The first-order chi connectivity index (χ1) is 12.0. The highest BCUT2D eigenvalue weighted by atomic mass is 19.1. The largest absolute Gasteiger partial charge is 0.213 e. The fourth-order valence-corrected chi connectivity index (χ4v) is 3.23. The molecule has 0 radical (unpaired) electrons. The van der Waals surface area contributed by atoms with E-state index in [9.17, 15) is 4.39 Å². The average molecular weight is 334 g/mol. The van der Waals surface area contributed by atoms with Gasteiger partial charge in [-0.3, -0.25) is 0 Å². The number of benzene rings is 2. The monoisotopic (exact) mass is 334 g/mol. The minimum atomic E-state index is -0.113. The van der Waals surface area contributed by atoms with Gasteiger partial charge in [0.2, 0.25) is 5.69 Å². The molecule has 3 aromatic rings. The van der Waals surface area contributed by atoms with Gasteiger partial charge in [-0.15, -0.1) is 0 Å². The fraction of sp³-hybridized carbons (Fsp3) is 0.261.